The molecule has 1 unspecified atom stereocenters. The molecule has 2 saturated heterocycles. The summed E-state index contributed by atoms with van der Waals surface area (Å²) < 4.78 is 11.2. The number of rotatable bonds is 3. The maximum absolute atomic E-state index is 12.7. The Kier molecular flexibility index (Phi) is 4.59. The van der Waals surface area contributed by atoms with E-state index in [0.717, 1.165) is 13.1 Å². The van der Waals surface area contributed by atoms with Gasteiger partial charge in [-0.3, -0.25) is 9.69 Å². The maximum Gasteiger partial charge on any atom is 0.256 e. The van der Waals surface area contributed by atoms with E-state index in [9.17, 15) is 4.79 Å². The lowest BCUT2D eigenvalue weighted by atomic mass is 10.0. The molecular weight excluding hydrogens is 288 g/mol. The molecule has 3 rings (SSSR count). The van der Waals surface area contributed by atoms with Crippen molar-refractivity contribution in [2.45, 2.75) is 19.1 Å². The Bertz CT molecular complexity index is 473. The van der Waals surface area contributed by atoms with Crippen LogP contribution in [0.25, 0.3) is 0 Å². The lowest BCUT2D eigenvalue weighted by molar-refractivity contribution is -0.171. The van der Waals surface area contributed by atoms with Gasteiger partial charge in [0.15, 0.2) is 5.60 Å². The van der Waals surface area contributed by atoms with Crippen LogP contribution in [0.1, 0.15) is 11.8 Å². The van der Waals surface area contributed by atoms with Gasteiger partial charge in [-0.25, -0.2) is 0 Å². The highest BCUT2D eigenvalue weighted by Gasteiger charge is 2.42. The zero-order chi connectivity index (χ0) is 14.7. The van der Waals surface area contributed by atoms with E-state index in [-0.39, 0.29) is 5.91 Å². The van der Waals surface area contributed by atoms with Crippen molar-refractivity contribution >= 4 is 17.2 Å². The van der Waals surface area contributed by atoms with Gasteiger partial charge in [-0.15, -0.1) is 11.3 Å². The van der Waals surface area contributed by atoms with Crippen LogP contribution in [-0.4, -0.2) is 67.3 Å². The van der Waals surface area contributed by atoms with Gasteiger partial charge in [0.2, 0.25) is 0 Å². The smallest absolute Gasteiger partial charge is 0.256 e. The van der Waals surface area contributed by atoms with E-state index >= 15 is 0 Å². The van der Waals surface area contributed by atoms with Crippen LogP contribution in [0.4, 0.5) is 0 Å². The fraction of sp³-hybridized carbons (Fsp3) is 0.667. The fourth-order valence-corrected chi connectivity index (χ4v) is 3.69. The zero-order valence-electron chi connectivity index (χ0n) is 12.4. The van der Waals surface area contributed by atoms with Crippen LogP contribution in [0.3, 0.4) is 0 Å². The predicted octanol–water partition coefficient (Wildman–Crippen LogP) is 1.20. The molecule has 2 aliphatic heterocycles. The first-order chi connectivity index (χ1) is 10.2. The van der Waals surface area contributed by atoms with Crippen LogP contribution in [0.15, 0.2) is 17.5 Å². The summed E-state index contributed by atoms with van der Waals surface area (Å²) in [6, 6.07) is 4.21. The fourth-order valence-electron chi connectivity index (χ4n) is 2.94. The van der Waals surface area contributed by atoms with Gasteiger partial charge in [0.25, 0.3) is 5.91 Å². The minimum Gasteiger partial charge on any atom is -0.378 e. The van der Waals surface area contributed by atoms with Gasteiger partial charge in [-0.05, 0) is 18.4 Å². The molecule has 5 nitrogen and oxygen atoms in total. The van der Waals surface area contributed by atoms with Gasteiger partial charge in [0, 0.05) is 37.6 Å². The van der Waals surface area contributed by atoms with Crippen molar-refractivity contribution in [2.75, 3.05) is 46.0 Å². The summed E-state index contributed by atoms with van der Waals surface area (Å²) in [5.74, 6) is 0.0988. The van der Waals surface area contributed by atoms with Crippen LogP contribution < -0.4 is 0 Å². The number of ether oxygens (including phenoxy) is 2. The van der Waals surface area contributed by atoms with Gasteiger partial charge in [0.05, 0.1) is 19.8 Å². The van der Waals surface area contributed by atoms with Crippen LogP contribution in [0.2, 0.25) is 0 Å². The number of morpholine rings is 2. The Morgan fingerprint density at radius 1 is 1.33 bits per heavy atom. The minimum atomic E-state index is -0.729. The number of nitrogens with zero attached hydrogens (tertiary/aromatic N) is 2. The largest absolute Gasteiger partial charge is 0.378 e. The predicted molar refractivity (Wildman–Crippen MR) is 81.4 cm³/mol. The zero-order valence-corrected chi connectivity index (χ0v) is 13.2. The Labute approximate surface area is 129 Å². The van der Waals surface area contributed by atoms with E-state index in [1.807, 2.05) is 11.8 Å². The number of thiophene rings is 1. The molecule has 0 radical (unpaired) electrons. The standard InChI is InChI=1S/C15H22N2O3S/c1-15(14(18)17-5-7-19-8-6-17)12-16(4-9-20-15)11-13-3-2-10-21-13/h2-3,10H,4-9,11-12H2,1H3. The highest BCUT2D eigenvalue weighted by atomic mass is 32.1. The van der Waals surface area contributed by atoms with Gasteiger partial charge in [-0.2, -0.15) is 0 Å². The van der Waals surface area contributed by atoms with Crippen molar-refractivity contribution in [3.8, 4) is 0 Å². The molecule has 116 valence electrons. The average Bonchev–Trinajstić information content (AvgIpc) is 3.00. The van der Waals surface area contributed by atoms with E-state index in [2.05, 4.69) is 22.4 Å². The minimum absolute atomic E-state index is 0.0988. The van der Waals surface area contributed by atoms with Crippen molar-refractivity contribution in [3.63, 3.8) is 0 Å². The van der Waals surface area contributed by atoms with E-state index < -0.39 is 5.60 Å². The van der Waals surface area contributed by atoms with Crippen molar-refractivity contribution in [1.82, 2.24) is 9.80 Å². The summed E-state index contributed by atoms with van der Waals surface area (Å²) in [6.07, 6.45) is 0. The highest BCUT2D eigenvalue weighted by molar-refractivity contribution is 7.09. The molecule has 0 spiro atoms. The molecule has 0 bridgehead atoms. The lowest BCUT2D eigenvalue weighted by Crippen LogP contribution is -2.60. The molecular formula is C15H22N2O3S. The maximum atomic E-state index is 12.7. The third-order valence-corrected chi connectivity index (χ3v) is 4.92. The highest BCUT2D eigenvalue weighted by Crippen LogP contribution is 2.23. The van der Waals surface area contributed by atoms with Crippen LogP contribution in [-0.2, 0) is 20.8 Å². The summed E-state index contributed by atoms with van der Waals surface area (Å²) >= 11 is 1.76. The molecule has 0 N–H and O–H groups in total. The molecule has 2 fully saturated rings. The molecule has 6 heteroatoms. The first-order valence-electron chi connectivity index (χ1n) is 7.43. The van der Waals surface area contributed by atoms with Crippen LogP contribution in [0.5, 0.6) is 0 Å². The first kappa shape index (κ1) is 15.0. The summed E-state index contributed by atoms with van der Waals surface area (Å²) in [5.41, 5.74) is -0.729. The summed E-state index contributed by atoms with van der Waals surface area (Å²) in [4.78, 5) is 18.3. The quantitative estimate of drug-likeness (QED) is 0.841. The number of carbonyl (C=O) groups is 1. The SMILES string of the molecule is CC1(C(=O)N2CCOCC2)CN(Cc2cccs2)CCO1. The molecule has 3 heterocycles. The van der Waals surface area contributed by atoms with Crippen molar-refractivity contribution < 1.29 is 14.3 Å². The van der Waals surface area contributed by atoms with Crippen molar-refractivity contribution in [1.29, 1.82) is 0 Å². The average molecular weight is 310 g/mol. The molecule has 0 saturated carbocycles. The second kappa shape index (κ2) is 6.44. The molecule has 0 aromatic carbocycles. The van der Waals surface area contributed by atoms with E-state index in [0.29, 0.717) is 39.5 Å². The Morgan fingerprint density at radius 3 is 2.86 bits per heavy atom. The van der Waals surface area contributed by atoms with E-state index in [1.165, 1.54) is 4.88 Å². The second-order valence-corrected chi connectivity index (χ2v) is 6.81. The molecule has 21 heavy (non-hydrogen) atoms. The molecule has 2 aliphatic rings. The molecule has 1 atom stereocenters. The number of amides is 1. The summed E-state index contributed by atoms with van der Waals surface area (Å²) in [5, 5.41) is 2.09. The van der Waals surface area contributed by atoms with Crippen molar-refractivity contribution in [3.05, 3.63) is 22.4 Å². The Morgan fingerprint density at radius 2 is 2.14 bits per heavy atom. The first-order valence-corrected chi connectivity index (χ1v) is 8.31. The van der Waals surface area contributed by atoms with Crippen molar-refractivity contribution in [2.24, 2.45) is 0 Å². The van der Waals surface area contributed by atoms with Crippen LogP contribution >= 0.6 is 11.3 Å². The summed E-state index contributed by atoms with van der Waals surface area (Å²) in [6.45, 7) is 7.55. The number of carbonyl (C=O) groups excluding carboxylic acids is 1. The Balaban J connectivity index is 1.64. The second-order valence-electron chi connectivity index (χ2n) is 5.77. The normalized spacial score (nSPS) is 27.8. The number of hydrogen-bond acceptors (Lipinski definition) is 5. The third-order valence-electron chi connectivity index (χ3n) is 4.06. The number of hydrogen-bond donors (Lipinski definition) is 0. The van der Waals surface area contributed by atoms with Gasteiger partial charge in [0.1, 0.15) is 0 Å². The van der Waals surface area contributed by atoms with Crippen LogP contribution in [0, 0.1) is 0 Å². The third kappa shape index (κ3) is 3.45. The van der Waals surface area contributed by atoms with E-state index in [4.69, 9.17) is 9.47 Å². The monoisotopic (exact) mass is 310 g/mol. The molecule has 1 aromatic rings. The summed E-state index contributed by atoms with van der Waals surface area (Å²) in [7, 11) is 0. The lowest BCUT2D eigenvalue weighted by Gasteiger charge is -2.42. The topological polar surface area (TPSA) is 42.0 Å². The Hall–Kier alpha value is -0.950. The molecule has 0 aliphatic carbocycles. The molecule has 1 amide bonds. The van der Waals surface area contributed by atoms with Gasteiger partial charge < -0.3 is 14.4 Å². The molecule has 1 aromatic heterocycles. The van der Waals surface area contributed by atoms with E-state index in [1.54, 1.807) is 11.3 Å². The van der Waals surface area contributed by atoms with Gasteiger partial charge >= 0.3 is 0 Å². The van der Waals surface area contributed by atoms with Gasteiger partial charge in [-0.1, -0.05) is 6.07 Å².